The molecule has 0 unspecified atom stereocenters. The number of phenolic OH excluding ortho intramolecular Hbond substituents is 2. The van der Waals surface area contributed by atoms with Gasteiger partial charge in [0.2, 0.25) is 0 Å². The summed E-state index contributed by atoms with van der Waals surface area (Å²) in [6.45, 7) is 22.9. The summed E-state index contributed by atoms with van der Waals surface area (Å²) in [6, 6.07) is 50.3. The number of benzene rings is 6. The molecule has 0 aromatic heterocycles. The molecule has 304 valence electrons. The number of aliphatic imine (C=N–C) groups is 2. The second-order valence-corrected chi connectivity index (χ2v) is 19.0. The fourth-order valence-electron chi connectivity index (χ4n) is 8.08. The highest BCUT2D eigenvalue weighted by Crippen LogP contribution is 2.44. The monoisotopic (exact) mass is 782 g/mol. The molecular weight excluding hydrogens is 721 g/mol. The summed E-state index contributed by atoms with van der Waals surface area (Å²) in [5.74, 6) is 0.489. The Morgan fingerprint density at radius 2 is 0.644 bits per heavy atom. The Labute approximate surface area is 353 Å². The first-order valence-electron chi connectivity index (χ1n) is 20.8. The van der Waals surface area contributed by atoms with Crippen LogP contribution in [0.5, 0.6) is 11.5 Å². The van der Waals surface area contributed by atoms with Crippen molar-refractivity contribution >= 4 is 12.4 Å². The van der Waals surface area contributed by atoms with Gasteiger partial charge in [-0.3, -0.25) is 9.98 Å². The van der Waals surface area contributed by atoms with Gasteiger partial charge in [0, 0.05) is 74.8 Å². The van der Waals surface area contributed by atoms with Gasteiger partial charge in [-0.05, 0) is 45.5 Å². The van der Waals surface area contributed by atoms with E-state index in [1.807, 2.05) is 61.0 Å². The molecule has 0 aliphatic rings. The van der Waals surface area contributed by atoms with Gasteiger partial charge in [0.05, 0.1) is 0 Å². The highest BCUT2D eigenvalue weighted by Gasteiger charge is 2.33. The first-order chi connectivity index (χ1) is 27.9. The lowest BCUT2D eigenvalue weighted by atomic mass is 9.72. The molecule has 0 heterocycles. The second kappa shape index (κ2) is 16.9. The van der Waals surface area contributed by atoms with Gasteiger partial charge >= 0.3 is 0 Å². The zero-order valence-corrected chi connectivity index (χ0v) is 36.7. The smallest absolute Gasteiger partial charge is 0.128 e. The van der Waals surface area contributed by atoms with Crippen molar-refractivity contribution in [1.82, 2.24) is 0 Å². The molecule has 6 aromatic rings. The summed E-state index contributed by atoms with van der Waals surface area (Å²) in [5.41, 5.74) is 8.14. The van der Waals surface area contributed by atoms with Crippen molar-refractivity contribution in [2.45, 2.75) is 90.9 Å². The van der Waals surface area contributed by atoms with Gasteiger partial charge < -0.3 is 10.2 Å². The van der Waals surface area contributed by atoms with Crippen molar-refractivity contribution in [3.8, 4) is 11.5 Å². The zero-order chi connectivity index (χ0) is 42.6. The average molecular weight is 783 g/mol. The van der Waals surface area contributed by atoms with Gasteiger partial charge in [-0.1, -0.05) is 203 Å². The molecule has 4 nitrogen and oxygen atoms in total. The van der Waals surface area contributed by atoms with E-state index in [1.165, 1.54) is 11.1 Å². The van der Waals surface area contributed by atoms with Crippen LogP contribution in [0.3, 0.4) is 0 Å². The van der Waals surface area contributed by atoms with Crippen molar-refractivity contribution < 1.29 is 10.2 Å². The minimum absolute atomic E-state index is 0.244. The minimum atomic E-state index is -0.458. The van der Waals surface area contributed by atoms with Crippen LogP contribution in [-0.4, -0.2) is 35.7 Å². The second-order valence-electron chi connectivity index (χ2n) is 19.0. The van der Waals surface area contributed by atoms with Gasteiger partial charge in [-0.2, -0.15) is 0 Å². The van der Waals surface area contributed by atoms with E-state index >= 15 is 0 Å². The Bertz CT molecular complexity index is 2240. The molecule has 0 saturated heterocycles. The molecule has 0 fully saturated rings. The lowest BCUT2D eigenvalue weighted by Crippen LogP contribution is -2.24. The minimum Gasteiger partial charge on any atom is -0.507 e. The van der Waals surface area contributed by atoms with E-state index in [4.69, 9.17) is 9.98 Å². The van der Waals surface area contributed by atoms with Gasteiger partial charge in [-0.25, -0.2) is 0 Å². The average Bonchev–Trinajstić information content (AvgIpc) is 3.23. The molecule has 0 bridgehead atoms. The normalized spacial score (nSPS) is 13.1. The van der Waals surface area contributed by atoms with Crippen LogP contribution in [-0.2, 0) is 21.7 Å². The lowest BCUT2D eigenvalue weighted by molar-refractivity contribution is 0.396. The summed E-state index contributed by atoms with van der Waals surface area (Å²) in [4.78, 5) is 9.92. The fourth-order valence-corrected chi connectivity index (χ4v) is 8.08. The van der Waals surface area contributed by atoms with Crippen LogP contribution in [0, 0.1) is 5.41 Å². The predicted octanol–water partition coefficient (Wildman–Crippen LogP) is 13.0. The van der Waals surface area contributed by atoms with E-state index in [-0.39, 0.29) is 27.7 Å². The van der Waals surface area contributed by atoms with E-state index in [1.54, 1.807) is 0 Å². The summed E-state index contributed by atoms with van der Waals surface area (Å²) >= 11 is 0. The van der Waals surface area contributed by atoms with E-state index in [9.17, 15) is 10.2 Å². The van der Waals surface area contributed by atoms with E-state index in [0.29, 0.717) is 24.2 Å². The quantitative estimate of drug-likeness (QED) is 0.108. The number of rotatable bonds is 14. The van der Waals surface area contributed by atoms with Crippen molar-refractivity contribution in [1.29, 1.82) is 0 Å². The molecule has 6 rings (SSSR count). The van der Waals surface area contributed by atoms with Crippen LogP contribution >= 0.6 is 0 Å². The summed E-state index contributed by atoms with van der Waals surface area (Å²) in [6.07, 6.45) is 3.66. The van der Waals surface area contributed by atoms with Crippen LogP contribution in [0.4, 0.5) is 0 Å². The topological polar surface area (TPSA) is 65.2 Å². The van der Waals surface area contributed by atoms with Gasteiger partial charge in [-0.15, -0.1) is 0 Å². The Balaban J connectivity index is 1.31. The van der Waals surface area contributed by atoms with Crippen LogP contribution < -0.4 is 0 Å². The zero-order valence-electron chi connectivity index (χ0n) is 36.7. The van der Waals surface area contributed by atoms with Crippen molar-refractivity contribution in [3.05, 3.63) is 201 Å². The highest BCUT2D eigenvalue weighted by molar-refractivity contribution is 5.86. The summed E-state index contributed by atoms with van der Waals surface area (Å²) in [5, 5.41) is 23.9. The third kappa shape index (κ3) is 9.13. The number of hydrogen-bond acceptors (Lipinski definition) is 4. The summed E-state index contributed by atoms with van der Waals surface area (Å²) < 4.78 is 0. The number of aromatic hydroxyl groups is 2. The van der Waals surface area contributed by atoms with Gasteiger partial charge in [0.25, 0.3) is 0 Å². The molecule has 2 N–H and O–H groups in total. The fraction of sp³-hybridized carbons (Fsp3) is 0.309. The molecule has 0 spiro atoms. The largest absolute Gasteiger partial charge is 0.507 e. The molecule has 0 atom stereocenters. The third-order valence-electron chi connectivity index (χ3n) is 12.6. The standard InChI is InChI=1S/C55H62N2O2/c1-51(2,37-56-35-39-31-45(52(3,4)41-23-15-11-16-24-41)33-47(49(39)58)54(7,8)43-27-19-13-20-28-43)38-57-36-40-32-46(53(5,6)42-25-17-12-18-26-42)34-48(50(40)59)55(9,10)44-29-21-14-22-30-44/h11-36,58-59H,37-38H2,1-10H3. The maximum Gasteiger partial charge on any atom is 0.128 e. The molecule has 0 aliphatic heterocycles. The number of hydrogen-bond donors (Lipinski definition) is 2. The van der Waals surface area contributed by atoms with Crippen LogP contribution in [0.15, 0.2) is 156 Å². The first kappa shape index (κ1) is 42.9. The molecule has 4 heteroatoms. The highest BCUT2D eigenvalue weighted by atomic mass is 16.3. The van der Waals surface area contributed by atoms with E-state index < -0.39 is 10.8 Å². The van der Waals surface area contributed by atoms with Crippen molar-refractivity contribution in [2.24, 2.45) is 15.4 Å². The molecule has 0 amide bonds. The first-order valence-corrected chi connectivity index (χ1v) is 20.8. The third-order valence-corrected chi connectivity index (χ3v) is 12.6. The lowest BCUT2D eigenvalue weighted by Gasteiger charge is -2.32. The van der Waals surface area contributed by atoms with Gasteiger partial charge in [0.1, 0.15) is 11.5 Å². The Kier molecular flexibility index (Phi) is 12.2. The van der Waals surface area contributed by atoms with Crippen molar-refractivity contribution in [2.75, 3.05) is 13.1 Å². The van der Waals surface area contributed by atoms with Gasteiger partial charge in [0.15, 0.2) is 0 Å². The predicted molar refractivity (Wildman–Crippen MR) is 249 cm³/mol. The van der Waals surface area contributed by atoms with Crippen LogP contribution in [0.2, 0.25) is 0 Å². The SMILES string of the molecule is CC(C)(CN=Cc1cc(C(C)(C)c2ccccc2)cc(C(C)(C)c2ccccc2)c1O)CN=Cc1cc(C(C)(C)c2ccccc2)cc(C(C)(C)c2ccccc2)c1O. The maximum atomic E-state index is 11.9. The maximum absolute atomic E-state index is 11.9. The summed E-state index contributed by atoms with van der Waals surface area (Å²) in [7, 11) is 0. The Hall–Kier alpha value is -5.74. The van der Waals surface area contributed by atoms with Crippen LogP contribution in [0.25, 0.3) is 0 Å². The molecule has 0 radical (unpaired) electrons. The van der Waals surface area contributed by atoms with Crippen LogP contribution in [0.1, 0.15) is 125 Å². The Morgan fingerprint density at radius 3 is 0.932 bits per heavy atom. The molecule has 0 aliphatic carbocycles. The molecular formula is C55H62N2O2. The molecule has 0 saturated carbocycles. The number of nitrogens with zero attached hydrogens (tertiary/aromatic N) is 2. The van der Waals surface area contributed by atoms with Crippen molar-refractivity contribution in [3.63, 3.8) is 0 Å². The molecule has 59 heavy (non-hydrogen) atoms. The van der Waals surface area contributed by atoms with E-state index in [0.717, 1.165) is 33.4 Å². The Morgan fingerprint density at radius 1 is 0.373 bits per heavy atom. The van der Waals surface area contributed by atoms with E-state index in [2.05, 4.69) is 166 Å². The molecule has 6 aromatic carbocycles. The number of phenols is 2.